The van der Waals surface area contributed by atoms with Crippen molar-refractivity contribution in [2.24, 2.45) is 5.10 Å². The smallest absolute Gasteiger partial charge is 0.321 e. The largest absolute Gasteiger partial charge is 0.492 e. The second-order valence-electron chi connectivity index (χ2n) is 5.11. The minimum atomic E-state index is -0.904. The summed E-state index contributed by atoms with van der Waals surface area (Å²) in [5, 5.41) is 25.6. The summed E-state index contributed by atoms with van der Waals surface area (Å²) in [4.78, 5) is 32.1. The Morgan fingerprint density at radius 2 is 1.96 bits per heavy atom. The van der Waals surface area contributed by atoms with Crippen LogP contribution in [0.1, 0.15) is 5.56 Å². The second-order valence-corrected chi connectivity index (χ2v) is 5.11. The van der Waals surface area contributed by atoms with Crippen molar-refractivity contribution >= 4 is 23.5 Å². The number of halogens is 1. The van der Waals surface area contributed by atoms with Gasteiger partial charge in [-0.05, 0) is 6.07 Å². The van der Waals surface area contributed by atoms with Crippen LogP contribution in [0.15, 0.2) is 41.5 Å². The maximum Gasteiger partial charge on any atom is 0.321 e. The fourth-order valence-electron chi connectivity index (χ4n) is 2.03. The fraction of sp³-hybridized carbons (Fsp3) is 0.125. The lowest BCUT2D eigenvalue weighted by atomic mass is 10.2. The van der Waals surface area contributed by atoms with Crippen molar-refractivity contribution in [1.29, 1.82) is 0 Å². The number of carbonyl (C=O) groups is 1. The van der Waals surface area contributed by atoms with Gasteiger partial charge in [-0.3, -0.25) is 25.0 Å². The molecule has 0 bridgehead atoms. The highest BCUT2D eigenvalue weighted by atomic mass is 19.1. The van der Waals surface area contributed by atoms with Crippen LogP contribution in [0.25, 0.3) is 0 Å². The number of nitro benzene ring substituents is 2. The summed E-state index contributed by atoms with van der Waals surface area (Å²) in [6.45, 7) is -0.705. The van der Waals surface area contributed by atoms with Crippen LogP contribution in [0.3, 0.4) is 0 Å². The monoisotopic (exact) mass is 392 g/mol. The molecule has 0 fully saturated rings. The average Bonchev–Trinajstić information content (AvgIpc) is 2.66. The Kier molecular flexibility index (Phi) is 6.52. The number of nitro groups is 2. The van der Waals surface area contributed by atoms with Crippen molar-refractivity contribution in [2.45, 2.75) is 0 Å². The van der Waals surface area contributed by atoms with Crippen LogP contribution >= 0.6 is 0 Å². The third-order valence-corrected chi connectivity index (χ3v) is 3.29. The highest BCUT2D eigenvalue weighted by molar-refractivity contribution is 5.83. The van der Waals surface area contributed by atoms with Gasteiger partial charge in [0.1, 0.15) is 5.82 Å². The zero-order valence-electron chi connectivity index (χ0n) is 14.3. The normalized spacial score (nSPS) is 10.5. The van der Waals surface area contributed by atoms with Crippen molar-refractivity contribution in [2.75, 3.05) is 13.7 Å². The molecule has 0 unspecified atom stereocenters. The van der Waals surface area contributed by atoms with Crippen molar-refractivity contribution < 1.29 is 28.5 Å². The maximum atomic E-state index is 13.4. The maximum absolute atomic E-state index is 13.4. The van der Waals surface area contributed by atoms with Crippen molar-refractivity contribution in [3.8, 4) is 11.5 Å². The van der Waals surface area contributed by atoms with Crippen molar-refractivity contribution in [3.05, 3.63) is 68.0 Å². The Morgan fingerprint density at radius 3 is 2.57 bits per heavy atom. The van der Waals surface area contributed by atoms with Crippen LogP contribution in [0, 0.1) is 26.0 Å². The molecule has 2 rings (SSSR count). The molecule has 0 saturated heterocycles. The number of nitrogens with one attached hydrogen (secondary N) is 1. The van der Waals surface area contributed by atoms with E-state index in [1.807, 2.05) is 0 Å². The summed E-state index contributed by atoms with van der Waals surface area (Å²) < 4.78 is 23.4. The van der Waals surface area contributed by atoms with Crippen LogP contribution in [0.2, 0.25) is 0 Å². The molecule has 0 aliphatic carbocycles. The summed E-state index contributed by atoms with van der Waals surface area (Å²) in [7, 11) is 1.13. The van der Waals surface area contributed by atoms with E-state index < -0.39 is 45.3 Å². The molecule has 11 nitrogen and oxygen atoms in total. The van der Waals surface area contributed by atoms with Crippen LogP contribution in [-0.4, -0.2) is 35.7 Å². The lowest BCUT2D eigenvalue weighted by molar-refractivity contribution is -0.394. The first kappa shape index (κ1) is 20.2. The predicted octanol–water partition coefficient (Wildman–Crippen LogP) is 2.18. The third-order valence-electron chi connectivity index (χ3n) is 3.29. The molecule has 0 atom stereocenters. The van der Waals surface area contributed by atoms with Gasteiger partial charge in [0, 0.05) is 5.56 Å². The molecule has 28 heavy (non-hydrogen) atoms. The molecule has 0 saturated carbocycles. The number of carbonyl (C=O) groups excluding carboxylic acids is 1. The highest BCUT2D eigenvalue weighted by Crippen LogP contribution is 2.40. The van der Waals surface area contributed by atoms with Gasteiger partial charge >= 0.3 is 5.69 Å². The quantitative estimate of drug-likeness (QED) is 0.411. The summed E-state index contributed by atoms with van der Waals surface area (Å²) in [6.07, 6.45) is 1.07. The first-order chi connectivity index (χ1) is 13.3. The molecular formula is C16H13FN4O7. The number of ether oxygens (including phenoxy) is 2. The number of non-ortho nitro benzene ring substituents is 1. The van der Waals surface area contributed by atoms with E-state index in [4.69, 9.17) is 9.47 Å². The molecule has 2 aromatic carbocycles. The standard InChI is InChI=1S/C16H13FN4O7/c1-27-14-7-11(20(23)24)6-13(21(25)26)16(14)28-9-15(22)19-18-8-10-4-2-3-5-12(10)17/h2-8H,9H2,1H3,(H,19,22)/b18-8+. The Morgan fingerprint density at radius 1 is 1.25 bits per heavy atom. The molecule has 1 amide bonds. The molecule has 0 spiro atoms. The molecule has 0 radical (unpaired) electrons. The molecule has 0 aromatic heterocycles. The van der Waals surface area contributed by atoms with Gasteiger partial charge in [0.15, 0.2) is 12.4 Å². The van der Waals surface area contributed by atoms with Gasteiger partial charge in [-0.2, -0.15) is 5.10 Å². The molecule has 0 aliphatic rings. The number of hydrogen-bond acceptors (Lipinski definition) is 8. The van der Waals surface area contributed by atoms with Gasteiger partial charge in [0.05, 0.1) is 35.3 Å². The van der Waals surface area contributed by atoms with Crippen LogP contribution < -0.4 is 14.9 Å². The van der Waals surface area contributed by atoms with Gasteiger partial charge in [0.25, 0.3) is 11.6 Å². The summed E-state index contributed by atoms with van der Waals surface area (Å²) in [5.74, 6) is -2.08. The molecule has 2 aromatic rings. The SMILES string of the molecule is COc1cc([N+](=O)[O-])cc([N+](=O)[O-])c1OCC(=O)N/N=C/c1ccccc1F. The lowest BCUT2D eigenvalue weighted by Crippen LogP contribution is -2.25. The van der Waals surface area contributed by atoms with Gasteiger partial charge in [-0.1, -0.05) is 18.2 Å². The Balaban J connectivity index is 2.10. The molecular weight excluding hydrogens is 379 g/mol. The average molecular weight is 392 g/mol. The third kappa shape index (κ3) is 4.97. The van der Waals surface area contributed by atoms with Gasteiger partial charge in [-0.25, -0.2) is 9.82 Å². The number of amides is 1. The van der Waals surface area contributed by atoms with E-state index in [1.165, 1.54) is 18.2 Å². The van der Waals surface area contributed by atoms with Crippen LogP contribution in [-0.2, 0) is 4.79 Å². The zero-order valence-corrected chi connectivity index (χ0v) is 14.3. The van der Waals surface area contributed by atoms with Gasteiger partial charge < -0.3 is 9.47 Å². The summed E-state index contributed by atoms with van der Waals surface area (Å²) in [5.41, 5.74) is 0.884. The van der Waals surface area contributed by atoms with E-state index in [-0.39, 0.29) is 11.3 Å². The van der Waals surface area contributed by atoms with E-state index >= 15 is 0 Å². The van der Waals surface area contributed by atoms with E-state index in [0.29, 0.717) is 6.07 Å². The summed E-state index contributed by atoms with van der Waals surface area (Å²) in [6, 6.07) is 7.33. The lowest BCUT2D eigenvalue weighted by Gasteiger charge is -2.10. The first-order valence-corrected chi connectivity index (χ1v) is 7.53. The number of methoxy groups -OCH3 is 1. The Labute approximate surface area is 156 Å². The molecule has 12 heteroatoms. The van der Waals surface area contributed by atoms with E-state index in [0.717, 1.165) is 19.4 Å². The highest BCUT2D eigenvalue weighted by Gasteiger charge is 2.27. The number of rotatable bonds is 8. The molecule has 1 N–H and O–H groups in total. The molecule has 146 valence electrons. The number of nitrogens with zero attached hydrogens (tertiary/aromatic N) is 3. The fourth-order valence-corrected chi connectivity index (χ4v) is 2.03. The van der Waals surface area contributed by atoms with E-state index in [2.05, 4.69) is 10.5 Å². The number of hydrogen-bond donors (Lipinski definition) is 1. The second kappa shape index (κ2) is 9.02. The first-order valence-electron chi connectivity index (χ1n) is 7.53. The Bertz CT molecular complexity index is 949. The molecule has 0 heterocycles. The zero-order chi connectivity index (χ0) is 20.7. The number of benzene rings is 2. The molecule has 0 aliphatic heterocycles. The van der Waals surface area contributed by atoms with E-state index in [1.54, 1.807) is 6.07 Å². The van der Waals surface area contributed by atoms with Gasteiger partial charge in [-0.15, -0.1) is 0 Å². The summed E-state index contributed by atoms with van der Waals surface area (Å²) >= 11 is 0. The van der Waals surface area contributed by atoms with Crippen LogP contribution in [0.4, 0.5) is 15.8 Å². The number of hydrazone groups is 1. The Hall–Kier alpha value is -4.09. The minimum Gasteiger partial charge on any atom is -0.492 e. The van der Waals surface area contributed by atoms with Gasteiger partial charge in [0.2, 0.25) is 5.75 Å². The van der Waals surface area contributed by atoms with Crippen molar-refractivity contribution in [1.82, 2.24) is 5.43 Å². The van der Waals surface area contributed by atoms with Crippen molar-refractivity contribution in [3.63, 3.8) is 0 Å². The van der Waals surface area contributed by atoms with Crippen LogP contribution in [0.5, 0.6) is 11.5 Å². The predicted molar refractivity (Wildman–Crippen MR) is 93.9 cm³/mol. The minimum absolute atomic E-state index is 0.136. The van der Waals surface area contributed by atoms with E-state index in [9.17, 15) is 29.4 Å². The topological polar surface area (TPSA) is 146 Å².